The van der Waals surface area contributed by atoms with Gasteiger partial charge in [-0.25, -0.2) is 13.6 Å². The van der Waals surface area contributed by atoms with Crippen LogP contribution in [0.4, 0.5) is 0 Å². The third kappa shape index (κ3) is 6.28. The summed E-state index contributed by atoms with van der Waals surface area (Å²) in [5, 5.41) is 8.92. The zero-order valence-corrected chi connectivity index (χ0v) is 11.0. The molecule has 1 aromatic rings. The third-order valence-corrected chi connectivity index (χ3v) is 3.26. The number of hydrogen-bond donors (Lipinski definition) is 1. The number of nitrogens with two attached hydrogens (primary N) is 1. The Morgan fingerprint density at radius 1 is 1.53 bits per heavy atom. The van der Waals surface area contributed by atoms with E-state index in [1.54, 1.807) is 17.1 Å². The minimum atomic E-state index is -3.35. The first kappa shape index (κ1) is 14.0. The second-order valence-electron chi connectivity index (χ2n) is 4.25. The van der Waals surface area contributed by atoms with Crippen LogP contribution in [0.3, 0.4) is 0 Å². The van der Waals surface area contributed by atoms with Crippen LogP contribution in [0.2, 0.25) is 0 Å². The van der Waals surface area contributed by atoms with Crippen molar-refractivity contribution in [3.63, 3.8) is 0 Å². The molecule has 0 radical (unpaired) electrons. The number of primary sulfonamides is 1. The molecule has 0 saturated carbocycles. The summed E-state index contributed by atoms with van der Waals surface area (Å²) in [5.41, 5.74) is 0. The highest BCUT2D eigenvalue weighted by atomic mass is 32.2. The zero-order valence-electron chi connectivity index (χ0n) is 10.2. The first-order chi connectivity index (χ1) is 7.87. The summed E-state index contributed by atoms with van der Waals surface area (Å²) in [4.78, 5) is 0. The number of nitrogens with zero attached hydrogens (tertiary/aromatic N) is 2. The molecule has 1 heterocycles. The van der Waals surface area contributed by atoms with E-state index in [0.29, 0.717) is 13.0 Å². The van der Waals surface area contributed by atoms with E-state index < -0.39 is 10.0 Å². The van der Waals surface area contributed by atoms with Crippen molar-refractivity contribution in [1.82, 2.24) is 9.78 Å². The molecule has 0 amide bonds. The van der Waals surface area contributed by atoms with E-state index in [-0.39, 0.29) is 11.7 Å². The Labute approximate surface area is 102 Å². The average molecular weight is 261 g/mol. The summed E-state index contributed by atoms with van der Waals surface area (Å²) >= 11 is 0. The zero-order chi connectivity index (χ0) is 12.9. The number of rotatable bonds is 7. The molecule has 0 saturated heterocycles. The van der Waals surface area contributed by atoms with Crippen LogP contribution in [0, 0.1) is 5.92 Å². The van der Waals surface area contributed by atoms with Gasteiger partial charge in [-0.3, -0.25) is 4.68 Å². The van der Waals surface area contributed by atoms with Crippen molar-refractivity contribution < 1.29 is 13.2 Å². The molecular weight excluding hydrogens is 242 g/mol. The topological polar surface area (TPSA) is 87.2 Å². The van der Waals surface area contributed by atoms with Crippen molar-refractivity contribution in [2.24, 2.45) is 18.1 Å². The molecule has 17 heavy (non-hydrogen) atoms. The monoisotopic (exact) mass is 261 g/mol. The Hall–Kier alpha value is -1.08. The number of aromatic nitrogens is 2. The highest BCUT2D eigenvalue weighted by Gasteiger charge is 2.08. The highest BCUT2D eigenvalue weighted by molar-refractivity contribution is 7.89. The van der Waals surface area contributed by atoms with Crippen molar-refractivity contribution in [3.05, 3.63) is 12.4 Å². The second kappa shape index (κ2) is 6.02. The summed E-state index contributed by atoms with van der Waals surface area (Å²) in [6.07, 6.45) is 4.80. The molecule has 0 aliphatic carbocycles. The minimum Gasteiger partial charge on any atom is -0.490 e. The molecule has 1 rings (SSSR count). The van der Waals surface area contributed by atoms with Crippen molar-refractivity contribution >= 4 is 10.0 Å². The van der Waals surface area contributed by atoms with E-state index in [9.17, 15) is 8.42 Å². The van der Waals surface area contributed by atoms with Crippen molar-refractivity contribution in [1.29, 1.82) is 0 Å². The Balaban J connectivity index is 2.18. The first-order valence-electron chi connectivity index (χ1n) is 5.49. The van der Waals surface area contributed by atoms with Gasteiger partial charge in [-0.05, 0) is 18.8 Å². The summed E-state index contributed by atoms with van der Waals surface area (Å²) in [6.45, 7) is 2.54. The van der Waals surface area contributed by atoms with Crippen LogP contribution in [0.5, 0.6) is 5.75 Å². The van der Waals surface area contributed by atoms with Gasteiger partial charge in [0.05, 0.1) is 24.8 Å². The normalized spacial score (nSPS) is 13.6. The summed E-state index contributed by atoms with van der Waals surface area (Å²) in [7, 11) is -1.53. The van der Waals surface area contributed by atoms with Crippen molar-refractivity contribution in [2.45, 2.75) is 19.8 Å². The van der Waals surface area contributed by atoms with Gasteiger partial charge in [-0.15, -0.1) is 0 Å². The van der Waals surface area contributed by atoms with Gasteiger partial charge < -0.3 is 4.74 Å². The van der Waals surface area contributed by atoms with Gasteiger partial charge >= 0.3 is 0 Å². The van der Waals surface area contributed by atoms with Crippen molar-refractivity contribution in [3.8, 4) is 5.75 Å². The van der Waals surface area contributed by atoms with E-state index in [0.717, 1.165) is 12.2 Å². The number of ether oxygens (including phenoxy) is 1. The maximum atomic E-state index is 10.8. The minimum absolute atomic E-state index is 0.0288. The van der Waals surface area contributed by atoms with Crippen LogP contribution in [0.25, 0.3) is 0 Å². The van der Waals surface area contributed by atoms with Gasteiger partial charge in [0.1, 0.15) is 0 Å². The lowest BCUT2D eigenvalue weighted by Gasteiger charge is -2.10. The smallest absolute Gasteiger partial charge is 0.209 e. The predicted octanol–water partition coefficient (Wildman–Crippen LogP) is 0.504. The standard InChI is InChI=1S/C10H19N3O3S/c1-9(4-6-17(11,14)15)3-5-16-10-7-12-13(2)8-10/h7-9H,3-6H2,1-2H3,(H2,11,14,15). The molecular formula is C10H19N3O3S. The fourth-order valence-electron chi connectivity index (χ4n) is 1.36. The van der Waals surface area contributed by atoms with E-state index in [2.05, 4.69) is 5.10 Å². The highest BCUT2D eigenvalue weighted by Crippen LogP contribution is 2.11. The first-order valence-corrected chi connectivity index (χ1v) is 7.20. The average Bonchev–Trinajstić information content (AvgIpc) is 2.60. The van der Waals surface area contributed by atoms with Gasteiger partial charge in [0, 0.05) is 7.05 Å². The van der Waals surface area contributed by atoms with Gasteiger partial charge in [-0.2, -0.15) is 5.10 Å². The maximum Gasteiger partial charge on any atom is 0.209 e. The Morgan fingerprint density at radius 3 is 2.76 bits per heavy atom. The molecule has 0 fully saturated rings. The fourth-order valence-corrected chi connectivity index (χ4v) is 2.09. The van der Waals surface area contributed by atoms with E-state index in [1.165, 1.54) is 0 Å². The van der Waals surface area contributed by atoms with E-state index in [1.807, 2.05) is 14.0 Å². The van der Waals surface area contributed by atoms with Gasteiger partial charge in [0.15, 0.2) is 5.75 Å². The van der Waals surface area contributed by atoms with Crippen LogP contribution >= 0.6 is 0 Å². The SMILES string of the molecule is CC(CCOc1cnn(C)c1)CCS(N)(=O)=O. The third-order valence-electron chi connectivity index (χ3n) is 2.46. The quantitative estimate of drug-likeness (QED) is 0.774. The Kier molecular flexibility index (Phi) is 4.95. The predicted molar refractivity (Wildman–Crippen MR) is 65.1 cm³/mol. The molecule has 0 aliphatic heterocycles. The molecule has 0 spiro atoms. The fraction of sp³-hybridized carbons (Fsp3) is 0.700. The lowest BCUT2D eigenvalue weighted by Crippen LogP contribution is -2.18. The second-order valence-corrected chi connectivity index (χ2v) is 5.98. The van der Waals surface area contributed by atoms with Gasteiger partial charge in [0.2, 0.25) is 10.0 Å². The van der Waals surface area contributed by atoms with Gasteiger partial charge in [0.25, 0.3) is 0 Å². The summed E-state index contributed by atoms with van der Waals surface area (Å²) in [6, 6.07) is 0. The molecule has 2 N–H and O–H groups in total. The molecule has 98 valence electrons. The van der Waals surface area contributed by atoms with E-state index in [4.69, 9.17) is 9.88 Å². The van der Waals surface area contributed by atoms with E-state index >= 15 is 0 Å². The summed E-state index contributed by atoms with van der Waals surface area (Å²) < 4.78 is 28.7. The lowest BCUT2D eigenvalue weighted by molar-refractivity contribution is 0.281. The molecule has 1 atom stereocenters. The van der Waals surface area contributed by atoms with Crippen LogP contribution in [0.15, 0.2) is 12.4 Å². The van der Waals surface area contributed by atoms with Gasteiger partial charge in [-0.1, -0.05) is 6.92 Å². The van der Waals surface area contributed by atoms with Crippen molar-refractivity contribution in [2.75, 3.05) is 12.4 Å². The summed E-state index contributed by atoms with van der Waals surface area (Å²) in [5.74, 6) is 1.03. The Morgan fingerprint density at radius 2 is 2.24 bits per heavy atom. The van der Waals surface area contributed by atoms with Crippen LogP contribution in [-0.4, -0.2) is 30.6 Å². The molecule has 1 unspecified atom stereocenters. The number of aryl methyl sites for hydroxylation is 1. The molecule has 6 nitrogen and oxygen atoms in total. The van der Waals surface area contributed by atoms with Crippen LogP contribution < -0.4 is 9.88 Å². The Bertz CT molecular complexity index is 441. The van der Waals surface area contributed by atoms with Crippen LogP contribution in [0.1, 0.15) is 19.8 Å². The lowest BCUT2D eigenvalue weighted by atomic mass is 10.1. The largest absolute Gasteiger partial charge is 0.490 e. The molecule has 0 aromatic carbocycles. The number of sulfonamides is 1. The molecule has 0 bridgehead atoms. The molecule has 1 aromatic heterocycles. The van der Waals surface area contributed by atoms with Crippen LogP contribution in [-0.2, 0) is 17.1 Å². The molecule has 7 heteroatoms. The molecule has 0 aliphatic rings. The maximum absolute atomic E-state index is 10.8. The number of hydrogen-bond acceptors (Lipinski definition) is 4.